The molecule has 8 nitrogen and oxygen atoms in total. The molecule has 0 radical (unpaired) electrons. The predicted octanol–water partition coefficient (Wildman–Crippen LogP) is 0.687. The summed E-state index contributed by atoms with van der Waals surface area (Å²) in [6.45, 7) is 2.37. The van der Waals surface area contributed by atoms with E-state index in [0.717, 1.165) is 19.5 Å². The SMILES string of the molecule is COc1cc(C(=O)NCCC2CCCNC2)cc(OC)c1OCC(N)=O. The van der Waals surface area contributed by atoms with Gasteiger partial charge >= 0.3 is 0 Å². The number of hydrogen-bond donors (Lipinski definition) is 3. The molecule has 26 heavy (non-hydrogen) atoms. The number of ether oxygens (including phenoxy) is 3. The monoisotopic (exact) mass is 365 g/mol. The zero-order chi connectivity index (χ0) is 18.9. The number of nitrogens with two attached hydrogens (primary N) is 1. The highest BCUT2D eigenvalue weighted by molar-refractivity contribution is 5.95. The molecular weight excluding hydrogens is 338 g/mol. The van der Waals surface area contributed by atoms with E-state index in [9.17, 15) is 9.59 Å². The topological polar surface area (TPSA) is 112 Å². The molecule has 1 aliphatic heterocycles. The molecule has 2 amide bonds. The summed E-state index contributed by atoms with van der Waals surface area (Å²) < 4.78 is 15.9. The normalized spacial score (nSPS) is 16.6. The maximum absolute atomic E-state index is 12.4. The summed E-state index contributed by atoms with van der Waals surface area (Å²) in [5.41, 5.74) is 5.50. The first-order valence-corrected chi connectivity index (χ1v) is 8.71. The summed E-state index contributed by atoms with van der Waals surface area (Å²) in [7, 11) is 2.90. The maximum Gasteiger partial charge on any atom is 0.255 e. The molecule has 1 atom stereocenters. The van der Waals surface area contributed by atoms with Crippen LogP contribution in [0.2, 0.25) is 0 Å². The van der Waals surface area contributed by atoms with E-state index < -0.39 is 5.91 Å². The van der Waals surface area contributed by atoms with E-state index in [-0.39, 0.29) is 18.3 Å². The first-order chi connectivity index (χ1) is 12.5. The van der Waals surface area contributed by atoms with Crippen LogP contribution in [-0.2, 0) is 4.79 Å². The largest absolute Gasteiger partial charge is 0.493 e. The molecule has 0 saturated carbocycles. The zero-order valence-corrected chi connectivity index (χ0v) is 15.3. The van der Waals surface area contributed by atoms with Crippen LogP contribution in [0.3, 0.4) is 0 Å². The third-order valence-electron chi connectivity index (χ3n) is 4.32. The van der Waals surface area contributed by atoms with Gasteiger partial charge in [0.15, 0.2) is 18.1 Å². The quantitative estimate of drug-likeness (QED) is 0.594. The lowest BCUT2D eigenvalue weighted by Crippen LogP contribution is -2.33. The summed E-state index contributed by atoms with van der Waals surface area (Å²) in [5.74, 6) is 0.593. The molecule has 0 spiro atoms. The minimum absolute atomic E-state index is 0.216. The van der Waals surface area contributed by atoms with E-state index in [1.807, 2.05) is 0 Å². The maximum atomic E-state index is 12.4. The number of hydrogen-bond acceptors (Lipinski definition) is 6. The fourth-order valence-electron chi connectivity index (χ4n) is 2.96. The number of amides is 2. The number of methoxy groups -OCH3 is 2. The average Bonchev–Trinajstić information content (AvgIpc) is 2.66. The second-order valence-corrected chi connectivity index (χ2v) is 6.22. The van der Waals surface area contributed by atoms with E-state index in [1.165, 1.54) is 27.1 Å². The molecule has 0 aromatic heterocycles. The smallest absolute Gasteiger partial charge is 0.255 e. The molecule has 144 valence electrons. The molecule has 4 N–H and O–H groups in total. The molecule has 2 rings (SSSR count). The van der Waals surface area contributed by atoms with Gasteiger partial charge < -0.3 is 30.6 Å². The molecule has 8 heteroatoms. The Hall–Kier alpha value is -2.48. The first-order valence-electron chi connectivity index (χ1n) is 8.71. The van der Waals surface area contributed by atoms with Crippen LogP contribution in [0.1, 0.15) is 29.6 Å². The Kier molecular flexibility index (Phi) is 7.53. The molecular formula is C18H27N3O5. The van der Waals surface area contributed by atoms with Crippen LogP contribution < -0.4 is 30.6 Å². The Morgan fingerprint density at radius 3 is 2.50 bits per heavy atom. The molecule has 0 aliphatic carbocycles. The fourth-order valence-corrected chi connectivity index (χ4v) is 2.96. The summed E-state index contributed by atoms with van der Waals surface area (Å²) in [5, 5.41) is 6.29. The van der Waals surface area contributed by atoms with Crippen molar-refractivity contribution in [3.05, 3.63) is 17.7 Å². The summed E-state index contributed by atoms with van der Waals surface area (Å²) in [6.07, 6.45) is 3.31. The lowest BCUT2D eigenvalue weighted by molar-refractivity contribution is -0.120. The van der Waals surface area contributed by atoms with Gasteiger partial charge in [-0.2, -0.15) is 0 Å². The zero-order valence-electron chi connectivity index (χ0n) is 15.3. The van der Waals surface area contributed by atoms with Crippen molar-refractivity contribution in [2.24, 2.45) is 11.7 Å². The van der Waals surface area contributed by atoms with Gasteiger partial charge in [0, 0.05) is 12.1 Å². The van der Waals surface area contributed by atoms with Gasteiger partial charge in [-0.3, -0.25) is 9.59 Å². The van der Waals surface area contributed by atoms with Crippen LogP contribution in [0.5, 0.6) is 17.2 Å². The van der Waals surface area contributed by atoms with Gasteiger partial charge in [-0.15, -0.1) is 0 Å². The van der Waals surface area contributed by atoms with Crippen molar-refractivity contribution >= 4 is 11.8 Å². The Labute approximate surface area is 153 Å². The van der Waals surface area contributed by atoms with Gasteiger partial charge in [0.25, 0.3) is 11.8 Å². The molecule has 0 bridgehead atoms. The molecule has 1 aromatic rings. The van der Waals surface area contributed by atoms with E-state index >= 15 is 0 Å². The summed E-state index contributed by atoms with van der Waals surface area (Å²) >= 11 is 0. The lowest BCUT2D eigenvalue weighted by atomic mass is 9.96. The van der Waals surface area contributed by atoms with Crippen LogP contribution in [0.4, 0.5) is 0 Å². The Morgan fingerprint density at radius 1 is 1.27 bits per heavy atom. The predicted molar refractivity (Wildman–Crippen MR) is 96.8 cm³/mol. The third-order valence-corrected chi connectivity index (χ3v) is 4.32. The van der Waals surface area contributed by atoms with E-state index in [0.29, 0.717) is 29.5 Å². The minimum atomic E-state index is -0.617. The highest BCUT2D eigenvalue weighted by Crippen LogP contribution is 2.38. The van der Waals surface area contributed by atoms with Crippen molar-refractivity contribution < 1.29 is 23.8 Å². The second kappa shape index (κ2) is 9.86. The number of benzene rings is 1. The van der Waals surface area contributed by atoms with Crippen molar-refractivity contribution in [2.75, 3.05) is 40.5 Å². The molecule has 1 aliphatic rings. The Bertz CT molecular complexity index is 604. The van der Waals surface area contributed by atoms with Crippen LogP contribution in [0.15, 0.2) is 12.1 Å². The molecule has 1 saturated heterocycles. The third kappa shape index (κ3) is 5.52. The van der Waals surface area contributed by atoms with Gasteiger partial charge in [0.2, 0.25) is 5.75 Å². The van der Waals surface area contributed by atoms with Crippen molar-refractivity contribution in [3.8, 4) is 17.2 Å². The highest BCUT2D eigenvalue weighted by atomic mass is 16.5. The van der Waals surface area contributed by atoms with Gasteiger partial charge in [0.05, 0.1) is 14.2 Å². The summed E-state index contributed by atoms with van der Waals surface area (Å²) in [6, 6.07) is 3.10. The highest BCUT2D eigenvalue weighted by Gasteiger charge is 2.19. The van der Waals surface area contributed by atoms with E-state index in [2.05, 4.69) is 10.6 Å². The van der Waals surface area contributed by atoms with Crippen molar-refractivity contribution in [2.45, 2.75) is 19.3 Å². The molecule has 1 fully saturated rings. The average molecular weight is 365 g/mol. The van der Waals surface area contributed by atoms with E-state index in [1.54, 1.807) is 12.1 Å². The van der Waals surface area contributed by atoms with Crippen LogP contribution in [0, 0.1) is 5.92 Å². The number of primary amides is 1. The standard InChI is InChI=1S/C18H27N3O5/c1-24-14-8-13(9-15(25-2)17(14)26-11-16(19)22)18(23)21-7-5-12-4-3-6-20-10-12/h8-9,12,20H,3-7,10-11H2,1-2H3,(H2,19,22)(H,21,23). The van der Waals surface area contributed by atoms with Gasteiger partial charge in [-0.05, 0) is 50.4 Å². The molecule has 1 aromatic carbocycles. The van der Waals surface area contributed by atoms with E-state index in [4.69, 9.17) is 19.9 Å². The van der Waals surface area contributed by atoms with Gasteiger partial charge in [-0.25, -0.2) is 0 Å². The number of carbonyl (C=O) groups excluding carboxylic acids is 2. The van der Waals surface area contributed by atoms with Crippen LogP contribution in [0.25, 0.3) is 0 Å². The van der Waals surface area contributed by atoms with Crippen molar-refractivity contribution in [1.82, 2.24) is 10.6 Å². The lowest BCUT2D eigenvalue weighted by Gasteiger charge is -2.22. The number of nitrogens with one attached hydrogen (secondary N) is 2. The van der Waals surface area contributed by atoms with Crippen LogP contribution in [-0.4, -0.2) is 52.3 Å². The number of carbonyl (C=O) groups is 2. The molecule has 1 heterocycles. The van der Waals surface area contributed by atoms with Gasteiger partial charge in [-0.1, -0.05) is 0 Å². The molecule has 1 unspecified atom stereocenters. The minimum Gasteiger partial charge on any atom is -0.493 e. The second-order valence-electron chi connectivity index (χ2n) is 6.22. The number of rotatable bonds is 9. The Morgan fingerprint density at radius 2 is 1.96 bits per heavy atom. The van der Waals surface area contributed by atoms with Crippen LogP contribution >= 0.6 is 0 Å². The number of piperidine rings is 1. The first kappa shape index (κ1) is 19.8. The van der Waals surface area contributed by atoms with Crippen molar-refractivity contribution in [1.29, 1.82) is 0 Å². The summed E-state index contributed by atoms with van der Waals surface area (Å²) in [4.78, 5) is 23.4. The van der Waals surface area contributed by atoms with Crippen molar-refractivity contribution in [3.63, 3.8) is 0 Å². The fraction of sp³-hybridized carbons (Fsp3) is 0.556. The Balaban J connectivity index is 2.02. The van der Waals surface area contributed by atoms with Gasteiger partial charge in [0.1, 0.15) is 0 Å².